The number of nitrogens with one attached hydrogen (secondary N) is 1. The molecule has 2 aliphatic rings. The quantitative estimate of drug-likeness (QED) is 0.595. The number of carbonyl (C=O) groups is 1. The lowest BCUT2D eigenvalue weighted by Crippen LogP contribution is -2.54. The monoisotopic (exact) mass is 268 g/mol. The molecule has 0 radical (unpaired) electrons. The van der Waals surface area contributed by atoms with Gasteiger partial charge in [-0.1, -0.05) is 19.3 Å². The fraction of sp³-hybridized carbons (Fsp3) is 0.933. The molecule has 0 aromatic carbocycles. The summed E-state index contributed by atoms with van der Waals surface area (Å²) in [7, 11) is 0. The highest BCUT2D eigenvalue weighted by Crippen LogP contribution is 2.29. The number of hydrogen-bond acceptors (Lipinski definition) is 3. The Balaban J connectivity index is 1.54. The molecule has 110 valence electrons. The Hall–Kier alpha value is -0.610. The zero-order chi connectivity index (χ0) is 13.7. The van der Waals surface area contributed by atoms with Gasteiger partial charge in [0, 0.05) is 19.3 Å². The molecule has 0 aliphatic heterocycles. The van der Waals surface area contributed by atoms with Crippen LogP contribution in [0.15, 0.2) is 0 Å². The van der Waals surface area contributed by atoms with Crippen LogP contribution in [0.4, 0.5) is 0 Å². The van der Waals surface area contributed by atoms with E-state index < -0.39 is 5.54 Å². The largest absolute Gasteiger partial charge is 0.381 e. The smallest absolute Gasteiger partial charge is 0.237 e. The molecule has 4 nitrogen and oxygen atoms in total. The van der Waals surface area contributed by atoms with Gasteiger partial charge in [0.1, 0.15) is 0 Å². The molecule has 0 aromatic heterocycles. The van der Waals surface area contributed by atoms with Gasteiger partial charge in [0.05, 0.1) is 5.54 Å². The number of rotatable bonds is 10. The molecule has 19 heavy (non-hydrogen) atoms. The van der Waals surface area contributed by atoms with E-state index in [4.69, 9.17) is 10.5 Å². The summed E-state index contributed by atoms with van der Waals surface area (Å²) in [5, 5.41) is 3.36. The first-order valence-corrected chi connectivity index (χ1v) is 7.75. The molecule has 0 aromatic rings. The van der Waals surface area contributed by atoms with Gasteiger partial charge >= 0.3 is 0 Å². The Morgan fingerprint density at radius 2 is 2.05 bits per heavy atom. The van der Waals surface area contributed by atoms with E-state index in [0.717, 1.165) is 32.0 Å². The summed E-state index contributed by atoms with van der Waals surface area (Å²) in [5.41, 5.74) is 4.95. The van der Waals surface area contributed by atoms with E-state index in [1.165, 1.54) is 38.5 Å². The molecule has 2 rings (SSSR count). The van der Waals surface area contributed by atoms with Crippen LogP contribution in [0, 0.1) is 5.92 Å². The lowest BCUT2D eigenvalue weighted by atomic mass is 9.83. The van der Waals surface area contributed by atoms with Crippen LogP contribution in [-0.4, -0.2) is 30.7 Å². The third-order valence-corrected chi connectivity index (χ3v) is 4.50. The van der Waals surface area contributed by atoms with E-state index >= 15 is 0 Å². The molecule has 2 fully saturated rings. The lowest BCUT2D eigenvalue weighted by Gasteiger charge is -2.28. The summed E-state index contributed by atoms with van der Waals surface area (Å²) in [6.45, 7) is 3.53. The van der Waals surface area contributed by atoms with Gasteiger partial charge in [0.2, 0.25) is 5.91 Å². The molecule has 4 heteroatoms. The summed E-state index contributed by atoms with van der Waals surface area (Å²) in [6.07, 6.45) is 9.36. The highest BCUT2D eigenvalue weighted by molar-refractivity contribution is 5.84. The summed E-state index contributed by atoms with van der Waals surface area (Å²) >= 11 is 0. The van der Waals surface area contributed by atoms with Gasteiger partial charge in [-0.2, -0.15) is 0 Å². The molecule has 2 saturated carbocycles. The third-order valence-electron chi connectivity index (χ3n) is 4.50. The van der Waals surface area contributed by atoms with Crippen LogP contribution in [0.3, 0.4) is 0 Å². The molecular weight excluding hydrogens is 240 g/mol. The van der Waals surface area contributed by atoms with Gasteiger partial charge in [0.25, 0.3) is 0 Å². The maximum absolute atomic E-state index is 11.6. The van der Waals surface area contributed by atoms with Crippen molar-refractivity contribution in [2.75, 3.05) is 13.2 Å². The van der Waals surface area contributed by atoms with Crippen molar-refractivity contribution < 1.29 is 9.53 Å². The SMILES string of the molecule is CC(CCCOCCC1CCC1)(NC1CC1)C(N)=O. The van der Waals surface area contributed by atoms with Crippen molar-refractivity contribution in [2.24, 2.45) is 11.7 Å². The van der Waals surface area contributed by atoms with Crippen LogP contribution in [0.5, 0.6) is 0 Å². The van der Waals surface area contributed by atoms with Crippen LogP contribution in [0.1, 0.15) is 58.3 Å². The zero-order valence-corrected chi connectivity index (χ0v) is 12.1. The minimum atomic E-state index is -0.557. The van der Waals surface area contributed by atoms with Crippen molar-refractivity contribution in [2.45, 2.75) is 69.9 Å². The predicted molar refractivity (Wildman–Crippen MR) is 75.8 cm³/mol. The van der Waals surface area contributed by atoms with Crippen LogP contribution in [0.25, 0.3) is 0 Å². The van der Waals surface area contributed by atoms with Gasteiger partial charge in [-0.15, -0.1) is 0 Å². The molecule has 3 N–H and O–H groups in total. The first-order valence-electron chi connectivity index (χ1n) is 7.75. The van der Waals surface area contributed by atoms with Crippen molar-refractivity contribution in [1.82, 2.24) is 5.32 Å². The molecular formula is C15H28N2O2. The molecule has 0 spiro atoms. The van der Waals surface area contributed by atoms with Crippen LogP contribution in [0.2, 0.25) is 0 Å². The summed E-state index contributed by atoms with van der Waals surface area (Å²) in [5.74, 6) is 0.668. The molecule has 0 bridgehead atoms. The Bertz CT molecular complexity index is 301. The number of nitrogens with two attached hydrogens (primary N) is 1. The highest BCUT2D eigenvalue weighted by atomic mass is 16.5. The van der Waals surface area contributed by atoms with Gasteiger partial charge < -0.3 is 15.8 Å². The van der Waals surface area contributed by atoms with E-state index in [1.54, 1.807) is 0 Å². The van der Waals surface area contributed by atoms with Crippen molar-refractivity contribution in [3.8, 4) is 0 Å². The summed E-state index contributed by atoms with van der Waals surface area (Å²) in [6, 6.07) is 0.497. The standard InChI is InChI=1S/C15H28N2O2/c1-15(14(16)18,17-13-6-7-13)9-3-10-19-11-8-12-4-2-5-12/h12-13,17H,2-11H2,1H3,(H2,16,18). The summed E-state index contributed by atoms with van der Waals surface area (Å²) < 4.78 is 5.66. The van der Waals surface area contributed by atoms with Crippen LogP contribution in [-0.2, 0) is 9.53 Å². The zero-order valence-electron chi connectivity index (χ0n) is 12.1. The van der Waals surface area contributed by atoms with Crippen LogP contribution < -0.4 is 11.1 Å². The van der Waals surface area contributed by atoms with E-state index in [2.05, 4.69) is 5.32 Å². The average Bonchev–Trinajstić information content (AvgIpc) is 3.09. The Morgan fingerprint density at radius 1 is 1.32 bits per heavy atom. The molecule has 0 saturated heterocycles. The Labute approximate surface area is 116 Å². The fourth-order valence-electron chi connectivity index (χ4n) is 2.61. The third kappa shape index (κ3) is 4.77. The number of primary amides is 1. The minimum Gasteiger partial charge on any atom is -0.381 e. The van der Waals surface area contributed by atoms with Gasteiger partial charge in [0.15, 0.2) is 0 Å². The van der Waals surface area contributed by atoms with Gasteiger partial charge in [-0.3, -0.25) is 4.79 Å². The Kier molecular flexibility index (Phi) is 5.22. The predicted octanol–water partition coefficient (Wildman–Crippen LogP) is 1.97. The van der Waals surface area contributed by atoms with Crippen molar-refractivity contribution in [3.05, 3.63) is 0 Å². The van der Waals surface area contributed by atoms with Crippen LogP contribution >= 0.6 is 0 Å². The topological polar surface area (TPSA) is 64.3 Å². The average molecular weight is 268 g/mol. The van der Waals surface area contributed by atoms with Gasteiger partial charge in [-0.05, 0) is 44.9 Å². The summed E-state index contributed by atoms with van der Waals surface area (Å²) in [4.78, 5) is 11.6. The Morgan fingerprint density at radius 3 is 2.58 bits per heavy atom. The van der Waals surface area contributed by atoms with Gasteiger partial charge in [-0.25, -0.2) is 0 Å². The normalized spacial score (nSPS) is 22.8. The number of ether oxygens (including phenoxy) is 1. The first kappa shape index (κ1) is 14.8. The molecule has 0 heterocycles. The van der Waals surface area contributed by atoms with E-state index in [-0.39, 0.29) is 5.91 Å². The van der Waals surface area contributed by atoms with E-state index in [0.29, 0.717) is 6.04 Å². The highest BCUT2D eigenvalue weighted by Gasteiger charge is 2.36. The van der Waals surface area contributed by atoms with Crippen molar-refractivity contribution in [3.63, 3.8) is 0 Å². The van der Waals surface area contributed by atoms with Crippen molar-refractivity contribution in [1.29, 1.82) is 0 Å². The molecule has 1 unspecified atom stereocenters. The maximum atomic E-state index is 11.6. The fourth-order valence-corrected chi connectivity index (χ4v) is 2.61. The second-order valence-corrected chi connectivity index (χ2v) is 6.42. The second kappa shape index (κ2) is 6.71. The molecule has 1 atom stereocenters. The maximum Gasteiger partial charge on any atom is 0.237 e. The number of hydrogen-bond donors (Lipinski definition) is 2. The lowest BCUT2D eigenvalue weighted by molar-refractivity contribution is -0.124. The van der Waals surface area contributed by atoms with E-state index in [9.17, 15) is 4.79 Å². The first-order chi connectivity index (χ1) is 9.10. The van der Waals surface area contributed by atoms with E-state index in [1.807, 2.05) is 6.92 Å². The molecule has 2 aliphatic carbocycles. The second-order valence-electron chi connectivity index (χ2n) is 6.42. The minimum absolute atomic E-state index is 0.242. The number of amides is 1. The molecule has 1 amide bonds. The number of carbonyl (C=O) groups excluding carboxylic acids is 1. The van der Waals surface area contributed by atoms with Crippen molar-refractivity contribution >= 4 is 5.91 Å².